The zero-order valence-electron chi connectivity index (χ0n) is 18.7. The van der Waals surface area contributed by atoms with Crippen LogP contribution in [0.15, 0.2) is 60.8 Å². The van der Waals surface area contributed by atoms with Gasteiger partial charge in [-0.3, -0.25) is 4.79 Å². The topological polar surface area (TPSA) is 52.9 Å². The van der Waals surface area contributed by atoms with Gasteiger partial charge < -0.3 is 23.7 Å². The fourth-order valence-corrected chi connectivity index (χ4v) is 5.04. The van der Waals surface area contributed by atoms with Crippen LogP contribution in [0.3, 0.4) is 0 Å². The molecule has 2 aliphatic rings. The molecule has 6 nitrogen and oxygen atoms in total. The Bertz CT molecular complexity index is 1410. The number of benzene rings is 3. The van der Waals surface area contributed by atoms with Crippen molar-refractivity contribution in [3.8, 4) is 17.2 Å². The number of rotatable bonds is 4. The summed E-state index contributed by atoms with van der Waals surface area (Å²) in [4.78, 5) is 15.7. The number of carbonyl (C=O) groups is 1. The summed E-state index contributed by atoms with van der Waals surface area (Å²) < 4.78 is 19.0. The quantitative estimate of drug-likeness (QED) is 0.404. The Morgan fingerprint density at radius 2 is 1.94 bits per heavy atom. The lowest BCUT2D eigenvalue weighted by atomic mass is 9.97. The molecule has 0 radical (unpaired) electrons. The Labute approximate surface area is 202 Å². The second-order valence-electron chi connectivity index (χ2n) is 8.57. The van der Waals surface area contributed by atoms with E-state index < -0.39 is 0 Å². The highest BCUT2D eigenvalue weighted by molar-refractivity contribution is 6.30. The van der Waals surface area contributed by atoms with E-state index in [1.54, 1.807) is 7.11 Å². The molecule has 7 heteroatoms. The van der Waals surface area contributed by atoms with Crippen LogP contribution in [-0.2, 0) is 19.5 Å². The van der Waals surface area contributed by atoms with Crippen LogP contribution in [0.2, 0.25) is 5.02 Å². The molecule has 4 aromatic rings. The Morgan fingerprint density at radius 1 is 1.12 bits per heavy atom. The minimum atomic E-state index is 0.0106. The lowest BCUT2D eigenvalue weighted by Crippen LogP contribution is -2.36. The SMILES string of the molecule is COc1c2c(cc3c1OCO3)CCN(C(=O)c1cn(Cc3ccc(Cl)cc3)c3ccccc13)C2. The number of ether oxygens (including phenoxy) is 3. The molecule has 1 aromatic heterocycles. The molecule has 0 saturated heterocycles. The standard InChI is InChI=1S/C27H23ClN2O4/c1-32-25-21-14-29(11-10-18(21)12-24-26(25)34-16-33-24)27(31)22-15-30(23-5-3-2-4-20(22)23)13-17-6-8-19(28)9-7-17/h2-9,12,15H,10-11,13-14,16H2,1H3. The van der Waals surface area contributed by atoms with Crippen molar-refractivity contribution in [3.05, 3.63) is 88.1 Å². The Balaban J connectivity index is 1.34. The molecular weight excluding hydrogens is 452 g/mol. The van der Waals surface area contributed by atoms with Crippen molar-refractivity contribution in [2.45, 2.75) is 19.5 Å². The van der Waals surface area contributed by atoms with E-state index in [1.807, 2.05) is 59.6 Å². The highest BCUT2D eigenvalue weighted by Gasteiger charge is 2.31. The summed E-state index contributed by atoms with van der Waals surface area (Å²) in [7, 11) is 1.63. The first kappa shape index (κ1) is 20.9. The fourth-order valence-electron chi connectivity index (χ4n) is 4.92. The minimum Gasteiger partial charge on any atom is -0.492 e. The number of amides is 1. The van der Waals surface area contributed by atoms with Crippen molar-refractivity contribution in [3.63, 3.8) is 0 Å². The summed E-state index contributed by atoms with van der Waals surface area (Å²) in [5, 5.41) is 1.66. The maximum absolute atomic E-state index is 13.8. The maximum atomic E-state index is 13.8. The monoisotopic (exact) mass is 474 g/mol. The van der Waals surface area contributed by atoms with Gasteiger partial charge in [0.25, 0.3) is 5.91 Å². The molecular formula is C27H23ClN2O4. The van der Waals surface area contributed by atoms with Crippen molar-refractivity contribution < 1.29 is 19.0 Å². The number of hydrogen-bond donors (Lipinski definition) is 0. The molecule has 34 heavy (non-hydrogen) atoms. The van der Waals surface area contributed by atoms with Crippen LogP contribution in [0.5, 0.6) is 17.2 Å². The van der Waals surface area contributed by atoms with E-state index in [9.17, 15) is 4.79 Å². The average molecular weight is 475 g/mol. The molecule has 0 spiro atoms. The predicted molar refractivity (Wildman–Crippen MR) is 130 cm³/mol. The van der Waals surface area contributed by atoms with Crippen LogP contribution in [-0.4, -0.2) is 35.8 Å². The van der Waals surface area contributed by atoms with E-state index in [2.05, 4.69) is 10.6 Å². The van der Waals surface area contributed by atoms with E-state index >= 15 is 0 Å². The van der Waals surface area contributed by atoms with Gasteiger partial charge in [-0.15, -0.1) is 0 Å². The number of para-hydroxylation sites is 1. The molecule has 0 atom stereocenters. The van der Waals surface area contributed by atoms with Gasteiger partial charge in [-0.2, -0.15) is 0 Å². The van der Waals surface area contributed by atoms with Crippen LogP contribution >= 0.6 is 11.6 Å². The number of fused-ring (bicyclic) bond motifs is 3. The molecule has 1 amide bonds. The van der Waals surface area contributed by atoms with Crippen molar-refractivity contribution in [2.75, 3.05) is 20.4 Å². The number of halogens is 1. The number of carbonyl (C=O) groups excluding carboxylic acids is 1. The number of nitrogens with zero attached hydrogens (tertiary/aromatic N) is 2. The summed E-state index contributed by atoms with van der Waals surface area (Å²) in [6, 6.07) is 17.8. The Kier molecular flexibility index (Phi) is 5.11. The largest absolute Gasteiger partial charge is 0.492 e. The van der Waals surface area contributed by atoms with Crippen molar-refractivity contribution >= 4 is 28.4 Å². The van der Waals surface area contributed by atoms with Gasteiger partial charge in [0.2, 0.25) is 12.5 Å². The Morgan fingerprint density at radius 3 is 2.76 bits per heavy atom. The maximum Gasteiger partial charge on any atom is 0.256 e. The first-order valence-electron chi connectivity index (χ1n) is 11.2. The molecule has 6 rings (SSSR count). The van der Waals surface area contributed by atoms with Gasteiger partial charge in [-0.05, 0) is 41.8 Å². The van der Waals surface area contributed by atoms with Crippen LogP contribution in [0.1, 0.15) is 27.0 Å². The van der Waals surface area contributed by atoms with Gasteiger partial charge in [0.05, 0.1) is 19.2 Å². The van der Waals surface area contributed by atoms with Crippen molar-refractivity contribution in [2.24, 2.45) is 0 Å². The molecule has 0 saturated carbocycles. The van der Waals surface area contributed by atoms with Gasteiger partial charge in [-0.25, -0.2) is 0 Å². The summed E-state index contributed by atoms with van der Waals surface area (Å²) in [5.74, 6) is 2.00. The highest BCUT2D eigenvalue weighted by atomic mass is 35.5. The zero-order valence-corrected chi connectivity index (χ0v) is 19.5. The molecule has 0 bridgehead atoms. The van der Waals surface area contributed by atoms with Crippen molar-refractivity contribution in [1.82, 2.24) is 9.47 Å². The molecule has 0 unspecified atom stereocenters. The second-order valence-corrected chi connectivity index (χ2v) is 9.01. The smallest absolute Gasteiger partial charge is 0.256 e. The van der Waals surface area contributed by atoms with E-state index in [1.165, 1.54) is 0 Å². The van der Waals surface area contributed by atoms with Gasteiger partial charge in [0.15, 0.2) is 11.5 Å². The zero-order chi connectivity index (χ0) is 23.2. The highest BCUT2D eigenvalue weighted by Crippen LogP contribution is 2.46. The lowest BCUT2D eigenvalue weighted by molar-refractivity contribution is 0.0734. The van der Waals surface area contributed by atoms with E-state index in [-0.39, 0.29) is 12.7 Å². The van der Waals surface area contributed by atoms with Crippen LogP contribution in [0.25, 0.3) is 10.9 Å². The van der Waals surface area contributed by atoms with E-state index in [0.29, 0.717) is 47.5 Å². The first-order valence-corrected chi connectivity index (χ1v) is 11.6. The van der Waals surface area contributed by atoms with E-state index in [0.717, 1.165) is 34.0 Å². The normalized spacial score (nSPS) is 14.4. The molecule has 0 fully saturated rings. The van der Waals surface area contributed by atoms with Gasteiger partial charge >= 0.3 is 0 Å². The third kappa shape index (κ3) is 3.46. The van der Waals surface area contributed by atoms with E-state index in [4.69, 9.17) is 25.8 Å². The fraction of sp³-hybridized carbons (Fsp3) is 0.222. The predicted octanol–water partition coefficient (Wildman–Crippen LogP) is 5.28. The second kappa shape index (κ2) is 8.29. The third-order valence-electron chi connectivity index (χ3n) is 6.59. The minimum absolute atomic E-state index is 0.0106. The van der Waals surface area contributed by atoms with Crippen LogP contribution in [0, 0.1) is 0 Å². The summed E-state index contributed by atoms with van der Waals surface area (Å²) in [6.07, 6.45) is 2.70. The van der Waals surface area contributed by atoms with Crippen LogP contribution < -0.4 is 14.2 Å². The summed E-state index contributed by atoms with van der Waals surface area (Å²) in [5.41, 5.74) is 4.97. The van der Waals surface area contributed by atoms with Gasteiger partial charge in [0, 0.05) is 40.8 Å². The third-order valence-corrected chi connectivity index (χ3v) is 6.84. The molecule has 3 heterocycles. The summed E-state index contributed by atoms with van der Waals surface area (Å²) >= 11 is 6.05. The number of methoxy groups -OCH3 is 1. The first-order chi connectivity index (χ1) is 16.6. The molecule has 3 aromatic carbocycles. The lowest BCUT2D eigenvalue weighted by Gasteiger charge is -2.30. The number of aromatic nitrogens is 1. The van der Waals surface area contributed by atoms with Crippen molar-refractivity contribution in [1.29, 1.82) is 0 Å². The Hall–Kier alpha value is -3.64. The molecule has 2 aliphatic heterocycles. The molecule has 172 valence electrons. The average Bonchev–Trinajstić information content (AvgIpc) is 3.48. The molecule has 0 N–H and O–H groups in total. The number of hydrogen-bond acceptors (Lipinski definition) is 4. The summed E-state index contributed by atoms with van der Waals surface area (Å²) in [6.45, 7) is 1.94. The van der Waals surface area contributed by atoms with Gasteiger partial charge in [0.1, 0.15) is 0 Å². The van der Waals surface area contributed by atoms with Crippen LogP contribution in [0.4, 0.5) is 0 Å². The van der Waals surface area contributed by atoms with Gasteiger partial charge in [-0.1, -0.05) is 41.9 Å². The molecule has 0 aliphatic carbocycles.